The van der Waals surface area contributed by atoms with Crippen molar-refractivity contribution >= 4 is 22.4 Å². The minimum Gasteiger partial charge on any atom is -0.480 e. The smallest absolute Gasteiger partial charge is 0.329 e. The van der Waals surface area contributed by atoms with E-state index in [-0.39, 0.29) is 0 Å². The summed E-state index contributed by atoms with van der Waals surface area (Å²) in [7, 11) is 0. The van der Waals surface area contributed by atoms with E-state index in [9.17, 15) is 9.90 Å². The number of nitrogens with one attached hydrogen (secondary N) is 1. The Morgan fingerprint density at radius 2 is 2.06 bits per heavy atom. The van der Waals surface area contributed by atoms with Crippen LogP contribution in [-0.2, 0) is 4.79 Å². The average Bonchev–Trinajstić information content (AvgIpc) is 2.54. The summed E-state index contributed by atoms with van der Waals surface area (Å²) in [6.07, 6.45) is 5.61. The van der Waals surface area contributed by atoms with Crippen molar-refractivity contribution in [2.75, 3.05) is 5.32 Å². The molecule has 0 amide bonds. The molecule has 1 aliphatic carbocycles. The molecule has 0 atom stereocenters. The standard InChI is InChI=1S/C12H18N2O2S/c1-9-8-17-11(13-9)14-12(10(15)16)6-4-2-3-5-7-12/h8H,2-7H2,1H3,(H,13,14)(H,15,16). The molecule has 1 fully saturated rings. The Hall–Kier alpha value is -1.10. The lowest BCUT2D eigenvalue weighted by Gasteiger charge is -2.28. The number of anilines is 1. The van der Waals surface area contributed by atoms with Crippen LogP contribution in [-0.4, -0.2) is 21.6 Å². The highest BCUT2D eigenvalue weighted by Gasteiger charge is 2.39. The molecule has 0 radical (unpaired) electrons. The molecule has 0 saturated heterocycles. The largest absolute Gasteiger partial charge is 0.480 e. The van der Waals surface area contributed by atoms with E-state index in [4.69, 9.17) is 0 Å². The number of hydrogen-bond donors (Lipinski definition) is 2. The summed E-state index contributed by atoms with van der Waals surface area (Å²) < 4.78 is 0. The molecule has 5 heteroatoms. The van der Waals surface area contributed by atoms with Crippen LogP contribution >= 0.6 is 11.3 Å². The zero-order valence-corrected chi connectivity index (χ0v) is 10.8. The molecule has 0 bridgehead atoms. The second-order valence-electron chi connectivity index (χ2n) is 4.72. The average molecular weight is 254 g/mol. The van der Waals surface area contributed by atoms with Crippen molar-refractivity contribution in [2.45, 2.75) is 51.0 Å². The summed E-state index contributed by atoms with van der Waals surface area (Å²) in [5, 5.41) is 15.3. The molecule has 0 aromatic carbocycles. The van der Waals surface area contributed by atoms with E-state index in [0.29, 0.717) is 12.8 Å². The fraction of sp³-hybridized carbons (Fsp3) is 0.667. The molecule has 2 N–H and O–H groups in total. The predicted molar refractivity (Wildman–Crippen MR) is 68.5 cm³/mol. The molecular weight excluding hydrogens is 236 g/mol. The normalized spacial score (nSPS) is 19.6. The SMILES string of the molecule is Cc1csc(NC2(C(=O)O)CCCCCC2)n1. The van der Waals surface area contributed by atoms with Crippen molar-refractivity contribution in [3.63, 3.8) is 0 Å². The van der Waals surface area contributed by atoms with Gasteiger partial charge in [-0.05, 0) is 19.8 Å². The molecule has 17 heavy (non-hydrogen) atoms. The first kappa shape index (κ1) is 12.4. The maximum absolute atomic E-state index is 11.6. The molecule has 2 rings (SSSR count). The Kier molecular flexibility index (Phi) is 3.66. The van der Waals surface area contributed by atoms with E-state index in [1.54, 1.807) is 0 Å². The van der Waals surface area contributed by atoms with Crippen LogP contribution in [0.25, 0.3) is 0 Å². The van der Waals surface area contributed by atoms with Crippen LogP contribution in [0.15, 0.2) is 5.38 Å². The van der Waals surface area contributed by atoms with E-state index < -0.39 is 11.5 Å². The highest BCUT2D eigenvalue weighted by atomic mass is 32.1. The summed E-state index contributed by atoms with van der Waals surface area (Å²) in [5.41, 5.74) is 0.132. The van der Waals surface area contributed by atoms with Gasteiger partial charge in [-0.3, -0.25) is 0 Å². The maximum atomic E-state index is 11.6. The van der Waals surface area contributed by atoms with Crippen LogP contribution < -0.4 is 5.32 Å². The monoisotopic (exact) mass is 254 g/mol. The molecule has 1 aromatic heterocycles. The number of aromatic nitrogens is 1. The van der Waals surface area contributed by atoms with Gasteiger partial charge in [-0.25, -0.2) is 9.78 Å². The van der Waals surface area contributed by atoms with Gasteiger partial charge in [-0.2, -0.15) is 0 Å². The van der Waals surface area contributed by atoms with Crippen molar-refractivity contribution in [2.24, 2.45) is 0 Å². The van der Waals surface area contributed by atoms with E-state index in [1.807, 2.05) is 12.3 Å². The Bertz CT molecular complexity index is 395. The van der Waals surface area contributed by atoms with E-state index in [0.717, 1.165) is 36.5 Å². The van der Waals surface area contributed by atoms with Gasteiger partial charge in [0.05, 0.1) is 5.69 Å². The van der Waals surface area contributed by atoms with Crippen LogP contribution in [0, 0.1) is 6.92 Å². The van der Waals surface area contributed by atoms with Gasteiger partial charge in [-0.15, -0.1) is 11.3 Å². The topological polar surface area (TPSA) is 62.2 Å². The third kappa shape index (κ3) is 2.77. The zero-order chi connectivity index (χ0) is 12.3. The molecule has 1 aromatic rings. The number of aryl methyl sites for hydroxylation is 1. The third-order valence-corrected chi connectivity index (χ3v) is 4.21. The Morgan fingerprint density at radius 1 is 1.41 bits per heavy atom. The third-order valence-electron chi connectivity index (χ3n) is 3.33. The molecule has 1 aliphatic rings. The van der Waals surface area contributed by atoms with Crippen molar-refractivity contribution in [1.29, 1.82) is 0 Å². The first-order valence-corrected chi connectivity index (χ1v) is 6.94. The number of carboxylic acid groups (broad SMARTS) is 1. The van der Waals surface area contributed by atoms with Crippen LogP contribution in [0.5, 0.6) is 0 Å². The van der Waals surface area contributed by atoms with Gasteiger partial charge >= 0.3 is 5.97 Å². The maximum Gasteiger partial charge on any atom is 0.329 e. The van der Waals surface area contributed by atoms with Crippen LogP contribution in [0.2, 0.25) is 0 Å². The Labute approximate surface area is 105 Å². The summed E-state index contributed by atoms with van der Waals surface area (Å²) in [4.78, 5) is 15.9. The predicted octanol–water partition coefficient (Wildman–Crippen LogP) is 3.04. The zero-order valence-electron chi connectivity index (χ0n) is 10.0. The first-order valence-electron chi connectivity index (χ1n) is 6.06. The van der Waals surface area contributed by atoms with Crippen molar-refractivity contribution in [3.8, 4) is 0 Å². The summed E-state index contributed by atoms with van der Waals surface area (Å²) in [6.45, 7) is 1.92. The molecule has 94 valence electrons. The molecule has 0 spiro atoms. The number of hydrogen-bond acceptors (Lipinski definition) is 4. The van der Waals surface area contributed by atoms with E-state index >= 15 is 0 Å². The summed E-state index contributed by atoms with van der Waals surface area (Å²) >= 11 is 1.48. The molecule has 4 nitrogen and oxygen atoms in total. The van der Waals surface area contributed by atoms with Gasteiger partial charge in [-0.1, -0.05) is 25.7 Å². The van der Waals surface area contributed by atoms with Gasteiger partial charge in [0.25, 0.3) is 0 Å². The van der Waals surface area contributed by atoms with E-state index in [2.05, 4.69) is 10.3 Å². The first-order chi connectivity index (χ1) is 8.12. The molecular formula is C12H18N2O2S. The molecule has 0 unspecified atom stereocenters. The number of thiazole rings is 1. The Balaban J connectivity index is 2.18. The van der Waals surface area contributed by atoms with Gasteiger partial charge in [0.2, 0.25) is 0 Å². The minimum absolute atomic E-state index is 0.695. The van der Waals surface area contributed by atoms with Crippen LogP contribution in [0.4, 0.5) is 5.13 Å². The van der Waals surface area contributed by atoms with Crippen molar-refractivity contribution in [3.05, 3.63) is 11.1 Å². The highest BCUT2D eigenvalue weighted by molar-refractivity contribution is 7.13. The number of carbonyl (C=O) groups is 1. The van der Waals surface area contributed by atoms with Gasteiger partial charge in [0.15, 0.2) is 5.13 Å². The summed E-state index contributed by atoms with van der Waals surface area (Å²) in [5.74, 6) is -0.743. The second kappa shape index (κ2) is 5.04. The summed E-state index contributed by atoms with van der Waals surface area (Å²) in [6, 6.07) is 0. The number of carboxylic acids is 1. The van der Waals surface area contributed by atoms with Gasteiger partial charge in [0.1, 0.15) is 5.54 Å². The highest BCUT2D eigenvalue weighted by Crippen LogP contribution is 2.32. The second-order valence-corrected chi connectivity index (χ2v) is 5.58. The minimum atomic E-state index is -0.805. The van der Waals surface area contributed by atoms with Crippen molar-refractivity contribution < 1.29 is 9.90 Å². The lowest BCUT2D eigenvalue weighted by molar-refractivity contribution is -0.142. The lowest BCUT2D eigenvalue weighted by atomic mass is 9.90. The quantitative estimate of drug-likeness (QED) is 0.814. The van der Waals surface area contributed by atoms with Crippen LogP contribution in [0.3, 0.4) is 0 Å². The molecule has 1 heterocycles. The molecule has 0 aliphatic heterocycles. The van der Waals surface area contributed by atoms with Crippen LogP contribution in [0.1, 0.15) is 44.2 Å². The number of rotatable bonds is 3. The lowest BCUT2D eigenvalue weighted by Crippen LogP contribution is -2.45. The fourth-order valence-corrected chi connectivity index (χ4v) is 3.13. The fourth-order valence-electron chi connectivity index (χ4n) is 2.34. The van der Waals surface area contributed by atoms with E-state index in [1.165, 1.54) is 11.3 Å². The van der Waals surface area contributed by atoms with Gasteiger partial charge in [0, 0.05) is 5.38 Å². The van der Waals surface area contributed by atoms with Gasteiger partial charge < -0.3 is 10.4 Å². The number of aliphatic carboxylic acids is 1. The van der Waals surface area contributed by atoms with Crippen molar-refractivity contribution in [1.82, 2.24) is 4.98 Å². The Morgan fingerprint density at radius 3 is 2.53 bits per heavy atom. The number of nitrogens with zero attached hydrogens (tertiary/aromatic N) is 1. The molecule has 1 saturated carbocycles.